The van der Waals surface area contributed by atoms with Gasteiger partial charge in [-0.1, -0.05) is 6.07 Å². The Labute approximate surface area is 112 Å². The van der Waals surface area contributed by atoms with Gasteiger partial charge in [0.1, 0.15) is 0 Å². The highest BCUT2D eigenvalue weighted by molar-refractivity contribution is 5.98. The van der Waals surface area contributed by atoms with E-state index in [9.17, 15) is 0 Å². The van der Waals surface area contributed by atoms with Crippen molar-refractivity contribution >= 4 is 22.1 Å². The molecule has 0 aliphatic carbocycles. The molecule has 3 rings (SSSR count). The van der Waals surface area contributed by atoms with Gasteiger partial charge >= 0.3 is 0 Å². The van der Waals surface area contributed by atoms with Crippen LogP contribution < -0.4 is 10.6 Å². The Morgan fingerprint density at radius 3 is 3.11 bits per heavy atom. The summed E-state index contributed by atoms with van der Waals surface area (Å²) in [7, 11) is 0. The SMILES string of the molecule is Nc1c(N2CCC(CCO)C2)ccc2cnccc12. The number of rotatable bonds is 3. The summed E-state index contributed by atoms with van der Waals surface area (Å²) in [6.45, 7) is 2.28. The first-order chi connectivity index (χ1) is 9.29. The second-order valence-corrected chi connectivity index (χ2v) is 5.21. The van der Waals surface area contributed by atoms with E-state index in [-0.39, 0.29) is 6.61 Å². The zero-order chi connectivity index (χ0) is 13.2. The summed E-state index contributed by atoms with van der Waals surface area (Å²) in [4.78, 5) is 6.45. The Balaban J connectivity index is 1.91. The van der Waals surface area contributed by atoms with E-state index in [0.717, 1.165) is 48.1 Å². The number of aliphatic hydroxyl groups is 1. The Morgan fingerprint density at radius 2 is 2.26 bits per heavy atom. The topological polar surface area (TPSA) is 62.4 Å². The molecule has 1 fully saturated rings. The van der Waals surface area contributed by atoms with Crippen LogP contribution in [0.1, 0.15) is 12.8 Å². The third kappa shape index (κ3) is 2.24. The zero-order valence-electron chi connectivity index (χ0n) is 10.9. The number of fused-ring (bicyclic) bond motifs is 1. The van der Waals surface area contributed by atoms with Gasteiger partial charge in [0.25, 0.3) is 0 Å². The highest BCUT2D eigenvalue weighted by atomic mass is 16.3. The van der Waals surface area contributed by atoms with Crippen molar-refractivity contribution in [3.63, 3.8) is 0 Å². The van der Waals surface area contributed by atoms with Crippen LogP contribution >= 0.6 is 0 Å². The molecule has 2 heterocycles. The highest BCUT2D eigenvalue weighted by Crippen LogP contribution is 2.34. The van der Waals surface area contributed by atoms with E-state index in [1.165, 1.54) is 0 Å². The lowest BCUT2D eigenvalue weighted by atomic mass is 10.1. The van der Waals surface area contributed by atoms with Gasteiger partial charge in [-0.15, -0.1) is 0 Å². The van der Waals surface area contributed by atoms with Crippen molar-refractivity contribution in [3.8, 4) is 0 Å². The van der Waals surface area contributed by atoms with Crippen molar-refractivity contribution in [2.45, 2.75) is 12.8 Å². The van der Waals surface area contributed by atoms with Crippen molar-refractivity contribution in [1.29, 1.82) is 0 Å². The van der Waals surface area contributed by atoms with Gasteiger partial charge in [0.05, 0.1) is 11.4 Å². The van der Waals surface area contributed by atoms with Crippen molar-refractivity contribution in [2.24, 2.45) is 5.92 Å². The number of pyridine rings is 1. The molecule has 2 aromatic rings. The van der Waals surface area contributed by atoms with Crippen LogP contribution in [0.4, 0.5) is 11.4 Å². The second-order valence-electron chi connectivity index (χ2n) is 5.21. The average molecular weight is 257 g/mol. The van der Waals surface area contributed by atoms with Gasteiger partial charge in [0.15, 0.2) is 0 Å². The van der Waals surface area contributed by atoms with E-state index in [4.69, 9.17) is 10.8 Å². The first-order valence-corrected chi connectivity index (χ1v) is 6.77. The van der Waals surface area contributed by atoms with Crippen LogP contribution in [0.3, 0.4) is 0 Å². The van der Waals surface area contributed by atoms with E-state index >= 15 is 0 Å². The monoisotopic (exact) mass is 257 g/mol. The summed E-state index contributed by atoms with van der Waals surface area (Å²) >= 11 is 0. The fraction of sp³-hybridized carbons (Fsp3) is 0.400. The molecule has 0 amide bonds. The summed E-state index contributed by atoms with van der Waals surface area (Å²) < 4.78 is 0. The molecule has 1 unspecified atom stereocenters. The number of nitrogen functional groups attached to an aromatic ring is 1. The van der Waals surface area contributed by atoms with E-state index in [2.05, 4.69) is 22.0 Å². The third-order valence-corrected chi connectivity index (χ3v) is 4.00. The lowest BCUT2D eigenvalue weighted by Gasteiger charge is -2.21. The number of anilines is 2. The maximum Gasteiger partial charge on any atom is 0.0632 e. The lowest BCUT2D eigenvalue weighted by Crippen LogP contribution is -2.21. The van der Waals surface area contributed by atoms with Crippen LogP contribution in [0.5, 0.6) is 0 Å². The van der Waals surface area contributed by atoms with Gasteiger partial charge < -0.3 is 15.7 Å². The van der Waals surface area contributed by atoms with Crippen LogP contribution in [0.15, 0.2) is 30.6 Å². The van der Waals surface area contributed by atoms with Gasteiger partial charge in [-0.25, -0.2) is 0 Å². The third-order valence-electron chi connectivity index (χ3n) is 4.00. The molecule has 0 spiro atoms. The minimum absolute atomic E-state index is 0.275. The molecule has 0 saturated carbocycles. The molecule has 1 saturated heterocycles. The minimum atomic E-state index is 0.275. The molecule has 1 aliphatic heterocycles. The summed E-state index contributed by atoms with van der Waals surface area (Å²) in [5.74, 6) is 0.581. The second kappa shape index (κ2) is 5.05. The lowest BCUT2D eigenvalue weighted by molar-refractivity contribution is 0.263. The quantitative estimate of drug-likeness (QED) is 0.826. The van der Waals surface area contributed by atoms with Crippen molar-refractivity contribution in [1.82, 2.24) is 4.98 Å². The normalized spacial score (nSPS) is 19.2. The van der Waals surface area contributed by atoms with Gasteiger partial charge in [-0.2, -0.15) is 0 Å². The highest BCUT2D eigenvalue weighted by Gasteiger charge is 2.23. The molecule has 19 heavy (non-hydrogen) atoms. The van der Waals surface area contributed by atoms with Gasteiger partial charge in [0.2, 0.25) is 0 Å². The molecule has 4 nitrogen and oxygen atoms in total. The maximum absolute atomic E-state index is 9.03. The summed E-state index contributed by atoms with van der Waals surface area (Å²) in [6, 6.07) is 6.13. The number of nitrogens with two attached hydrogens (primary N) is 1. The average Bonchev–Trinajstić information content (AvgIpc) is 2.88. The van der Waals surface area contributed by atoms with Gasteiger partial charge in [0, 0.05) is 42.9 Å². The van der Waals surface area contributed by atoms with Gasteiger partial charge in [-0.3, -0.25) is 4.98 Å². The summed E-state index contributed by atoms with van der Waals surface area (Å²) in [5.41, 5.74) is 8.25. The van der Waals surface area contributed by atoms with E-state index in [1.807, 2.05) is 12.3 Å². The molecule has 100 valence electrons. The molecule has 0 bridgehead atoms. The zero-order valence-corrected chi connectivity index (χ0v) is 10.9. The summed E-state index contributed by atoms with van der Waals surface area (Å²) in [6.07, 6.45) is 5.64. The number of aliphatic hydroxyl groups excluding tert-OH is 1. The molecule has 1 aliphatic rings. The van der Waals surface area contributed by atoms with Crippen LogP contribution in [0.2, 0.25) is 0 Å². The first kappa shape index (κ1) is 12.2. The van der Waals surface area contributed by atoms with E-state index in [0.29, 0.717) is 5.92 Å². The molecule has 4 heteroatoms. The molecule has 1 atom stereocenters. The smallest absolute Gasteiger partial charge is 0.0632 e. The van der Waals surface area contributed by atoms with Crippen LogP contribution in [0.25, 0.3) is 10.8 Å². The predicted molar refractivity (Wildman–Crippen MR) is 78.2 cm³/mol. The largest absolute Gasteiger partial charge is 0.397 e. The van der Waals surface area contributed by atoms with Gasteiger partial charge in [-0.05, 0) is 30.9 Å². The predicted octanol–water partition coefficient (Wildman–Crippen LogP) is 2.03. The molecular formula is C15H19N3O. The van der Waals surface area contributed by atoms with Crippen molar-refractivity contribution in [3.05, 3.63) is 30.6 Å². The number of nitrogens with zero attached hydrogens (tertiary/aromatic N) is 2. The van der Waals surface area contributed by atoms with Crippen LogP contribution in [-0.4, -0.2) is 29.8 Å². The molecule has 1 aromatic carbocycles. The number of aromatic nitrogens is 1. The molecule has 0 radical (unpaired) electrons. The number of hydrogen-bond donors (Lipinski definition) is 2. The Hall–Kier alpha value is -1.81. The Kier molecular flexibility index (Phi) is 3.25. The maximum atomic E-state index is 9.03. The standard InChI is InChI=1S/C15H19N3O/c16-15-13-3-6-17-9-12(13)1-2-14(15)18-7-4-11(10-18)5-8-19/h1-3,6,9,11,19H,4-5,7-8,10,16H2. The minimum Gasteiger partial charge on any atom is -0.397 e. The first-order valence-electron chi connectivity index (χ1n) is 6.77. The fourth-order valence-electron chi connectivity index (χ4n) is 2.93. The van der Waals surface area contributed by atoms with Crippen LogP contribution in [0, 0.1) is 5.92 Å². The fourth-order valence-corrected chi connectivity index (χ4v) is 2.93. The van der Waals surface area contributed by atoms with E-state index < -0.39 is 0 Å². The Morgan fingerprint density at radius 1 is 1.37 bits per heavy atom. The van der Waals surface area contributed by atoms with Crippen molar-refractivity contribution < 1.29 is 5.11 Å². The molecular weight excluding hydrogens is 238 g/mol. The van der Waals surface area contributed by atoms with Crippen molar-refractivity contribution in [2.75, 3.05) is 30.3 Å². The van der Waals surface area contributed by atoms with Crippen LogP contribution in [-0.2, 0) is 0 Å². The summed E-state index contributed by atoms with van der Waals surface area (Å²) in [5, 5.41) is 11.2. The number of benzene rings is 1. The molecule has 1 aromatic heterocycles. The number of hydrogen-bond acceptors (Lipinski definition) is 4. The Bertz CT molecular complexity index is 585. The van der Waals surface area contributed by atoms with E-state index in [1.54, 1.807) is 6.20 Å². The molecule has 3 N–H and O–H groups in total.